The molecule has 0 bridgehead atoms. The molecule has 0 saturated carbocycles. The summed E-state index contributed by atoms with van der Waals surface area (Å²) in [6, 6.07) is 12.5. The Labute approximate surface area is 137 Å². The molecule has 0 unspecified atom stereocenters. The number of imidazole rings is 1. The van der Waals surface area contributed by atoms with Crippen LogP contribution in [0, 0.1) is 0 Å². The Morgan fingerprint density at radius 2 is 1.95 bits per heavy atom. The number of halogens is 2. The lowest BCUT2D eigenvalue weighted by molar-refractivity contribution is 0.105. The molecule has 1 aromatic heterocycles. The zero-order chi connectivity index (χ0) is 15.7. The molecule has 5 heteroatoms. The zero-order valence-electron chi connectivity index (χ0n) is 11.8. The summed E-state index contributed by atoms with van der Waals surface area (Å²) >= 11 is 12.0. The minimum Gasteiger partial charge on any atom is -0.295 e. The third-order valence-corrected chi connectivity index (χ3v) is 3.94. The number of carbonyl (C=O) groups is 1. The molecule has 0 N–H and O–H groups in total. The Kier molecular flexibility index (Phi) is 4.01. The fraction of sp³-hybridized carbons (Fsp3) is 0.0588. The van der Waals surface area contributed by atoms with Crippen molar-refractivity contribution in [1.82, 2.24) is 9.55 Å². The normalized spacial score (nSPS) is 11.9. The maximum atomic E-state index is 12.8. The summed E-state index contributed by atoms with van der Waals surface area (Å²) in [6.07, 6.45) is 3.39. The topological polar surface area (TPSA) is 34.9 Å². The predicted molar refractivity (Wildman–Crippen MR) is 90.5 cm³/mol. The Morgan fingerprint density at radius 1 is 1.18 bits per heavy atom. The lowest BCUT2D eigenvalue weighted by Gasteiger charge is -2.10. The summed E-state index contributed by atoms with van der Waals surface area (Å²) in [6.45, 7) is 1.81. The molecule has 110 valence electrons. The highest BCUT2D eigenvalue weighted by Gasteiger charge is 2.18. The van der Waals surface area contributed by atoms with Crippen molar-refractivity contribution in [3.63, 3.8) is 0 Å². The van der Waals surface area contributed by atoms with Crippen LogP contribution < -0.4 is 0 Å². The minimum absolute atomic E-state index is 0.174. The van der Waals surface area contributed by atoms with Gasteiger partial charge >= 0.3 is 0 Å². The molecule has 0 amide bonds. The molecule has 0 spiro atoms. The van der Waals surface area contributed by atoms with Crippen LogP contribution in [0.4, 0.5) is 0 Å². The zero-order valence-corrected chi connectivity index (χ0v) is 13.3. The van der Waals surface area contributed by atoms with E-state index in [0.717, 1.165) is 11.0 Å². The summed E-state index contributed by atoms with van der Waals surface area (Å²) in [5.74, 6) is -0.174. The first-order valence-corrected chi connectivity index (χ1v) is 7.46. The van der Waals surface area contributed by atoms with Crippen molar-refractivity contribution in [3.8, 4) is 0 Å². The lowest BCUT2D eigenvalue weighted by atomic mass is 10.1. The number of carbonyl (C=O) groups excluding carboxylic acids is 1. The first-order valence-electron chi connectivity index (χ1n) is 6.70. The number of fused-ring (bicyclic) bond motifs is 1. The predicted octanol–water partition coefficient (Wildman–Crippen LogP) is 5.09. The van der Waals surface area contributed by atoms with Gasteiger partial charge in [-0.1, -0.05) is 41.4 Å². The summed E-state index contributed by atoms with van der Waals surface area (Å²) < 4.78 is 1.77. The van der Waals surface area contributed by atoms with E-state index < -0.39 is 0 Å². The molecule has 1 heterocycles. The van der Waals surface area contributed by atoms with Gasteiger partial charge < -0.3 is 0 Å². The molecule has 0 saturated heterocycles. The van der Waals surface area contributed by atoms with Crippen LogP contribution in [-0.2, 0) is 0 Å². The van der Waals surface area contributed by atoms with E-state index in [-0.39, 0.29) is 5.78 Å². The fourth-order valence-corrected chi connectivity index (χ4v) is 2.84. The minimum atomic E-state index is -0.174. The third-order valence-electron chi connectivity index (χ3n) is 3.39. The number of allylic oxidation sites excluding steroid dienone is 2. The van der Waals surface area contributed by atoms with Gasteiger partial charge in [-0.2, -0.15) is 0 Å². The van der Waals surface area contributed by atoms with E-state index in [1.165, 1.54) is 0 Å². The Morgan fingerprint density at radius 3 is 2.68 bits per heavy atom. The second kappa shape index (κ2) is 5.95. The van der Waals surface area contributed by atoms with Crippen LogP contribution in [0.5, 0.6) is 0 Å². The van der Waals surface area contributed by atoms with Gasteiger partial charge in [-0.05, 0) is 37.3 Å². The number of para-hydroxylation sites is 2. The van der Waals surface area contributed by atoms with Crippen molar-refractivity contribution in [2.45, 2.75) is 6.92 Å². The van der Waals surface area contributed by atoms with Crippen LogP contribution in [0.2, 0.25) is 10.0 Å². The van der Waals surface area contributed by atoms with Crippen LogP contribution in [0.25, 0.3) is 16.7 Å². The average Bonchev–Trinajstić information content (AvgIpc) is 2.92. The molecule has 0 radical (unpaired) electrons. The van der Waals surface area contributed by atoms with Gasteiger partial charge in [0.15, 0.2) is 0 Å². The number of hydrogen-bond acceptors (Lipinski definition) is 2. The molecule has 0 aliphatic heterocycles. The highest BCUT2D eigenvalue weighted by Crippen LogP contribution is 2.26. The molecule has 3 rings (SSSR count). The molecule has 3 aromatic rings. The van der Waals surface area contributed by atoms with E-state index in [1.54, 1.807) is 35.2 Å². The number of aromatic nitrogens is 2. The Balaban J connectivity index is 2.10. The SMILES string of the molecule is C/C=C(\C(=O)c1ccc(Cl)cc1Cl)n1cnc2ccccc21. The van der Waals surface area contributed by atoms with Gasteiger partial charge in [0.05, 0.1) is 21.8 Å². The highest BCUT2D eigenvalue weighted by molar-refractivity contribution is 6.39. The molecule has 0 aliphatic rings. The van der Waals surface area contributed by atoms with E-state index in [1.807, 2.05) is 31.2 Å². The summed E-state index contributed by atoms with van der Waals surface area (Å²) in [5, 5.41) is 0.831. The van der Waals surface area contributed by atoms with E-state index in [0.29, 0.717) is 21.3 Å². The number of ketones is 1. The van der Waals surface area contributed by atoms with Crippen molar-refractivity contribution in [1.29, 1.82) is 0 Å². The van der Waals surface area contributed by atoms with Crippen molar-refractivity contribution < 1.29 is 4.79 Å². The summed E-state index contributed by atoms with van der Waals surface area (Å²) in [4.78, 5) is 17.1. The first-order chi connectivity index (χ1) is 10.6. The molecule has 0 aliphatic carbocycles. The monoisotopic (exact) mass is 330 g/mol. The third kappa shape index (κ3) is 2.54. The summed E-state index contributed by atoms with van der Waals surface area (Å²) in [7, 11) is 0. The van der Waals surface area contributed by atoms with Gasteiger partial charge in [-0.3, -0.25) is 9.36 Å². The molecule has 0 fully saturated rings. The standard InChI is InChI=1S/C17H12Cl2N2O/c1-2-15(17(22)12-8-7-11(18)9-13(12)19)21-10-20-14-5-3-4-6-16(14)21/h2-10H,1H3/b15-2+. The second-order valence-corrected chi connectivity index (χ2v) is 5.57. The van der Waals surface area contributed by atoms with E-state index in [9.17, 15) is 4.79 Å². The van der Waals surface area contributed by atoms with Crippen molar-refractivity contribution in [2.24, 2.45) is 0 Å². The van der Waals surface area contributed by atoms with Crippen molar-refractivity contribution >= 4 is 45.7 Å². The van der Waals surface area contributed by atoms with Crippen LogP contribution in [0.1, 0.15) is 17.3 Å². The molecular weight excluding hydrogens is 319 g/mol. The van der Waals surface area contributed by atoms with Crippen LogP contribution in [0.15, 0.2) is 54.9 Å². The maximum absolute atomic E-state index is 12.8. The number of rotatable bonds is 3. The van der Waals surface area contributed by atoms with Gasteiger partial charge in [0, 0.05) is 10.6 Å². The second-order valence-electron chi connectivity index (χ2n) is 4.73. The van der Waals surface area contributed by atoms with Gasteiger partial charge in [-0.25, -0.2) is 4.98 Å². The van der Waals surface area contributed by atoms with Gasteiger partial charge in [-0.15, -0.1) is 0 Å². The van der Waals surface area contributed by atoms with E-state index in [4.69, 9.17) is 23.2 Å². The largest absolute Gasteiger partial charge is 0.295 e. The Bertz CT molecular complexity index is 897. The highest BCUT2D eigenvalue weighted by atomic mass is 35.5. The summed E-state index contributed by atoms with van der Waals surface area (Å²) in [5.41, 5.74) is 2.61. The first kappa shape index (κ1) is 14.8. The van der Waals surface area contributed by atoms with Gasteiger partial charge in [0.25, 0.3) is 0 Å². The lowest BCUT2D eigenvalue weighted by Crippen LogP contribution is -2.09. The van der Waals surface area contributed by atoms with Crippen molar-refractivity contribution in [2.75, 3.05) is 0 Å². The Hall–Kier alpha value is -2.10. The van der Waals surface area contributed by atoms with Crippen LogP contribution in [0.3, 0.4) is 0 Å². The number of hydrogen-bond donors (Lipinski definition) is 0. The molecule has 22 heavy (non-hydrogen) atoms. The maximum Gasteiger partial charge on any atom is 0.210 e. The van der Waals surface area contributed by atoms with E-state index in [2.05, 4.69) is 4.98 Å². The number of benzene rings is 2. The number of nitrogens with zero attached hydrogens (tertiary/aromatic N) is 2. The van der Waals surface area contributed by atoms with E-state index >= 15 is 0 Å². The number of Topliss-reactive ketones (excluding diaryl/α,β-unsaturated/α-hetero) is 1. The van der Waals surface area contributed by atoms with Crippen LogP contribution in [-0.4, -0.2) is 15.3 Å². The van der Waals surface area contributed by atoms with Gasteiger partial charge in [0.2, 0.25) is 5.78 Å². The fourth-order valence-electron chi connectivity index (χ4n) is 2.34. The average molecular weight is 331 g/mol. The van der Waals surface area contributed by atoms with Gasteiger partial charge in [0.1, 0.15) is 6.33 Å². The van der Waals surface area contributed by atoms with Crippen LogP contribution >= 0.6 is 23.2 Å². The molecule has 0 atom stereocenters. The smallest absolute Gasteiger partial charge is 0.210 e. The van der Waals surface area contributed by atoms with Crippen molar-refractivity contribution in [3.05, 3.63) is 70.5 Å². The molecular formula is C17H12Cl2N2O. The molecule has 3 nitrogen and oxygen atoms in total. The molecule has 2 aromatic carbocycles. The quantitative estimate of drug-likeness (QED) is 0.495.